The van der Waals surface area contributed by atoms with Crippen molar-refractivity contribution in [1.29, 1.82) is 0 Å². The first kappa shape index (κ1) is 12.7. The van der Waals surface area contributed by atoms with Gasteiger partial charge >= 0.3 is 0 Å². The van der Waals surface area contributed by atoms with E-state index in [9.17, 15) is 4.79 Å². The van der Waals surface area contributed by atoms with Gasteiger partial charge in [0.2, 0.25) is 5.91 Å². The lowest BCUT2D eigenvalue weighted by Gasteiger charge is -2.24. The third kappa shape index (κ3) is 3.06. The average Bonchev–Trinajstić information content (AvgIpc) is 2.78. The molecule has 0 aliphatic carbocycles. The number of aromatic nitrogens is 2. The lowest BCUT2D eigenvalue weighted by atomic mass is 9.99. The quantitative estimate of drug-likeness (QED) is 0.774. The Bertz CT molecular complexity index is 323. The van der Waals surface area contributed by atoms with Gasteiger partial charge in [-0.15, -0.1) is 0 Å². The van der Waals surface area contributed by atoms with E-state index < -0.39 is 6.04 Å². The summed E-state index contributed by atoms with van der Waals surface area (Å²) >= 11 is 0. The molecule has 1 rings (SSSR count). The fourth-order valence-corrected chi connectivity index (χ4v) is 1.47. The van der Waals surface area contributed by atoms with Crippen LogP contribution >= 0.6 is 0 Å². The molecule has 2 atom stereocenters. The highest BCUT2D eigenvalue weighted by molar-refractivity contribution is 5.81. The summed E-state index contributed by atoms with van der Waals surface area (Å²) in [5.74, 6) is 0.190. The van der Waals surface area contributed by atoms with Crippen LogP contribution in [0.1, 0.15) is 25.8 Å². The van der Waals surface area contributed by atoms with Crippen molar-refractivity contribution in [3.8, 4) is 0 Å². The van der Waals surface area contributed by atoms with Gasteiger partial charge in [-0.3, -0.25) is 9.89 Å². The Hall–Kier alpha value is -1.36. The number of carbonyl (C=O) groups is 1. The SMILES string of the molecule is CCC(C)[C@H](N)C(=O)N(C)Cc1cn[nH]c1. The van der Waals surface area contributed by atoms with Gasteiger partial charge in [0.05, 0.1) is 12.2 Å². The highest BCUT2D eigenvalue weighted by atomic mass is 16.2. The lowest BCUT2D eigenvalue weighted by Crippen LogP contribution is -2.45. The second-order valence-electron chi connectivity index (χ2n) is 4.21. The first-order chi connectivity index (χ1) is 7.56. The van der Waals surface area contributed by atoms with Crippen LogP contribution in [-0.2, 0) is 11.3 Å². The van der Waals surface area contributed by atoms with Crippen LogP contribution in [-0.4, -0.2) is 34.1 Å². The molecular formula is C11H20N4O. The van der Waals surface area contributed by atoms with Crippen LogP contribution in [0.4, 0.5) is 0 Å². The summed E-state index contributed by atoms with van der Waals surface area (Å²) in [6.07, 6.45) is 4.39. The van der Waals surface area contributed by atoms with Gasteiger partial charge < -0.3 is 10.6 Å². The molecule has 1 amide bonds. The van der Waals surface area contributed by atoms with Crippen LogP contribution in [0.2, 0.25) is 0 Å². The molecule has 1 aromatic rings. The van der Waals surface area contributed by atoms with E-state index in [2.05, 4.69) is 10.2 Å². The molecule has 16 heavy (non-hydrogen) atoms. The maximum absolute atomic E-state index is 11.9. The Kier molecular flexibility index (Phi) is 4.49. The zero-order chi connectivity index (χ0) is 12.1. The molecule has 0 spiro atoms. The number of amides is 1. The van der Waals surface area contributed by atoms with Gasteiger partial charge in [-0.2, -0.15) is 5.10 Å². The van der Waals surface area contributed by atoms with Crippen molar-refractivity contribution in [2.45, 2.75) is 32.9 Å². The molecule has 0 saturated carbocycles. The molecule has 0 radical (unpaired) electrons. The van der Waals surface area contributed by atoms with Crippen LogP contribution in [0.3, 0.4) is 0 Å². The lowest BCUT2D eigenvalue weighted by molar-refractivity contribution is -0.132. The number of rotatable bonds is 5. The molecule has 0 aliphatic rings. The summed E-state index contributed by atoms with van der Waals surface area (Å²) in [7, 11) is 1.76. The minimum absolute atomic E-state index is 0.0180. The molecule has 90 valence electrons. The maximum atomic E-state index is 11.9. The van der Waals surface area contributed by atoms with Crippen molar-refractivity contribution in [2.24, 2.45) is 11.7 Å². The second-order valence-corrected chi connectivity index (χ2v) is 4.21. The smallest absolute Gasteiger partial charge is 0.239 e. The van der Waals surface area contributed by atoms with Crippen LogP contribution in [0.25, 0.3) is 0 Å². The fourth-order valence-electron chi connectivity index (χ4n) is 1.47. The van der Waals surface area contributed by atoms with Gasteiger partial charge in [0.25, 0.3) is 0 Å². The number of likely N-dealkylation sites (N-methyl/N-ethyl adjacent to an activating group) is 1. The van der Waals surface area contributed by atoms with Crippen LogP contribution in [0, 0.1) is 5.92 Å². The molecule has 0 aliphatic heterocycles. The molecular weight excluding hydrogens is 204 g/mol. The summed E-state index contributed by atoms with van der Waals surface area (Å²) in [4.78, 5) is 13.6. The minimum atomic E-state index is -0.415. The first-order valence-electron chi connectivity index (χ1n) is 5.54. The van der Waals surface area contributed by atoms with E-state index >= 15 is 0 Å². The van der Waals surface area contributed by atoms with Crippen molar-refractivity contribution < 1.29 is 4.79 Å². The standard InChI is InChI=1S/C11H20N4O/c1-4-8(2)10(12)11(16)15(3)7-9-5-13-14-6-9/h5-6,8,10H,4,7,12H2,1-3H3,(H,13,14)/t8?,10-/m0/s1. The van der Waals surface area contributed by atoms with E-state index in [-0.39, 0.29) is 11.8 Å². The summed E-state index contributed by atoms with van der Waals surface area (Å²) < 4.78 is 0. The number of nitrogens with one attached hydrogen (secondary N) is 1. The highest BCUT2D eigenvalue weighted by Crippen LogP contribution is 2.09. The zero-order valence-corrected chi connectivity index (χ0v) is 10.1. The van der Waals surface area contributed by atoms with E-state index in [1.54, 1.807) is 24.3 Å². The number of hydrogen-bond donors (Lipinski definition) is 2. The number of aromatic amines is 1. The zero-order valence-electron chi connectivity index (χ0n) is 10.1. The highest BCUT2D eigenvalue weighted by Gasteiger charge is 2.22. The minimum Gasteiger partial charge on any atom is -0.340 e. The van der Waals surface area contributed by atoms with E-state index in [1.807, 2.05) is 13.8 Å². The fraction of sp³-hybridized carbons (Fsp3) is 0.636. The Labute approximate surface area is 96.0 Å². The third-order valence-corrected chi connectivity index (χ3v) is 2.89. The number of hydrogen-bond acceptors (Lipinski definition) is 3. The largest absolute Gasteiger partial charge is 0.340 e. The number of H-pyrrole nitrogens is 1. The molecule has 0 saturated heterocycles. The molecule has 0 bridgehead atoms. The molecule has 1 heterocycles. The normalized spacial score (nSPS) is 14.5. The van der Waals surface area contributed by atoms with Crippen LogP contribution in [0.5, 0.6) is 0 Å². The molecule has 5 nitrogen and oxygen atoms in total. The Morgan fingerprint density at radius 3 is 2.88 bits per heavy atom. The van der Waals surface area contributed by atoms with E-state index in [0.717, 1.165) is 12.0 Å². The number of nitrogens with two attached hydrogens (primary N) is 1. The van der Waals surface area contributed by atoms with Crippen molar-refractivity contribution >= 4 is 5.91 Å². The Morgan fingerprint density at radius 2 is 2.38 bits per heavy atom. The molecule has 0 aromatic carbocycles. The van der Waals surface area contributed by atoms with Crippen molar-refractivity contribution in [3.05, 3.63) is 18.0 Å². The third-order valence-electron chi connectivity index (χ3n) is 2.89. The predicted molar refractivity (Wildman–Crippen MR) is 62.5 cm³/mol. The van der Waals surface area contributed by atoms with Gasteiger partial charge in [-0.05, 0) is 5.92 Å². The summed E-state index contributed by atoms with van der Waals surface area (Å²) in [6, 6.07) is -0.415. The van der Waals surface area contributed by atoms with Crippen LogP contribution in [0.15, 0.2) is 12.4 Å². The maximum Gasteiger partial charge on any atom is 0.239 e. The summed E-state index contributed by atoms with van der Waals surface area (Å²) in [6.45, 7) is 4.57. The van der Waals surface area contributed by atoms with E-state index in [1.165, 1.54) is 0 Å². The van der Waals surface area contributed by atoms with Gasteiger partial charge in [0.15, 0.2) is 0 Å². The first-order valence-corrected chi connectivity index (χ1v) is 5.54. The molecule has 1 aromatic heterocycles. The summed E-state index contributed by atoms with van der Waals surface area (Å²) in [5, 5.41) is 6.55. The average molecular weight is 224 g/mol. The number of carbonyl (C=O) groups excluding carboxylic acids is 1. The molecule has 1 unspecified atom stereocenters. The molecule has 5 heteroatoms. The molecule has 3 N–H and O–H groups in total. The Morgan fingerprint density at radius 1 is 1.69 bits per heavy atom. The van der Waals surface area contributed by atoms with Gasteiger partial charge in [0, 0.05) is 25.4 Å². The Balaban J connectivity index is 2.53. The predicted octanol–water partition coefficient (Wildman–Crippen LogP) is 0.741. The van der Waals surface area contributed by atoms with Crippen molar-refractivity contribution in [1.82, 2.24) is 15.1 Å². The van der Waals surface area contributed by atoms with Crippen molar-refractivity contribution in [3.63, 3.8) is 0 Å². The van der Waals surface area contributed by atoms with Crippen LogP contribution < -0.4 is 5.73 Å². The van der Waals surface area contributed by atoms with Crippen molar-refractivity contribution in [2.75, 3.05) is 7.05 Å². The van der Waals surface area contributed by atoms with Gasteiger partial charge in [-0.1, -0.05) is 20.3 Å². The molecule has 0 fully saturated rings. The number of nitrogens with zero attached hydrogens (tertiary/aromatic N) is 2. The van der Waals surface area contributed by atoms with Gasteiger partial charge in [-0.25, -0.2) is 0 Å². The summed E-state index contributed by atoms with van der Waals surface area (Å²) in [5.41, 5.74) is 6.87. The van der Waals surface area contributed by atoms with Gasteiger partial charge in [0.1, 0.15) is 0 Å². The van der Waals surface area contributed by atoms with E-state index in [0.29, 0.717) is 6.54 Å². The monoisotopic (exact) mass is 224 g/mol. The second kappa shape index (κ2) is 5.65. The topological polar surface area (TPSA) is 75.0 Å². The van der Waals surface area contributed by atoms with E-state index in [4.69, 9.17) is 5.73 Å².